The number of benzene rings is 1. The van der Waals surface area contributed by atoms with E-state index in [-0.39, 0.29) is 6.04 Å². The van der Waals surface area contributed by atoms with Crippen LogP contribution in [-0.4, -0.2) is 39.6 Å². The minimum Gasteiger partial charge on any atom is -0.497 e. The number of aromatic amines is 2. The Morgan fingerprint density at radius 3 is 3.07 bits per heavy atom. The monoisotopic (exact) mass is 384 g/mol. The van der Waals surface area contributed by atoms with Gasteiger partial charge in [-0.3, -0.25) is 0 Å². The fraction of sp³-hybridized carbons (Fsp3) is 0.263. The minimum absolute atomic E-state index is 0.0163. The predicted octanol–water partition coefficient (Wildman–Crippen LogP) is 3.47. The summed E-state index contributed by atoms with van der Waals surface area (Å²) in [4.78, 5) is 15.0. The van der Waals surface area contributed by atoms with E-state index in [9.17, 15) is 0 Å². The molecule has 0 radical (unpaired) electrons. The molecular weight excluding hydrogens is 364 g/mol. The molecule has 1 unspecified atom stereocenters. The standard InChI is InChI=1S/C19H21ClN6O/c1-27-13-8-11(17-14(9-13)15(20)10-24-17)7-12(21)4-6-23-19-25-16-3-2-5-22-18(16)26-19/h2-3,5,8-10,12,24H,4,6-7,21H2,1H3,(H2,22,23,25,26). The second-order valence-corrected chi connectivity index (χ2v) is 6.89. The van der Waals surface area contributed by atoms with Gasteiger partial charge in [-0.1, -0.05) is 11.6 Å². The van der Waals surface area contributed by atoms with Crippen LogP contribution in [0.3, 0.4) is 0 Å². The number of rotatable bonds is 7. The highest BCUT2D eigenvalue weighted by atomic mass is 35.5. The summed E-state index contributed by atoms with van der Waals surface area (Å²) in [7, 11) is 1.65. The second kappa shape index (κ2) is 7.46. The largest absolute Gasteiger partial charge is 0.497 e. The summed E-state index contributed by atoms with van der Waals surface area (Å²) in [5.74, 6) is 1.48. The van der Waals surface area contributed by atoms with Gasteiger partial charge in [-0.2, -0.15) is 4.98 Å². The number of ether oxygens (including phenoxy) is 1. The lowest BCUT2D eigenvalue weighted by molar-refractivity contribution is 0.414. The van der Waals surface area contributed by atoms with Gasteiger partial charge >= 0.3 is 0 Å². The highest BCUT2D eigenvalue weighted by molar-refractivity contribution is 6.35. The SMILES string of the molecule is COc1cc(CC(N)CCNc2nc3ncccc3[nH]2)c2[nH]cc(Cl)c2c1. The molecule has 1 aromatic carbocycles. The van der Waals surface area contributed by atoms with Crippen molar-refractivity contribution in [2.75, 3.05) is 19.0 Å². The average Bonchev–Trinajstić information content (AvgIpc) is 3.25. The van der Waals surface area contributed by atoms with E-state index in [1.165, 1.54) is 0 Å². The Labute approximate surface area is 161 Å². The highest BCUT2D eigenvalue weighted by Crippen LogP contribution is 2.31. The van der Waals surface area contributed by atoms with Crippen molar-refractivity contribution in [3.8, 4) is 5.75 Å². The van der Waals surface area contributed by atoms with Gasteiger partial charge < -0.3 is 25.8 Å². The van der Waals surface area contributed by atoms with Crippen molar-refractivity contribution >= 4 is 39.6 Å². The molecule has 140 valence electrons. The Morgan fingerprint density at radius 1 is 1.37 bits per heavy atom. The van der Waals surface area contributed by atoms with Gasteiger partial charge in [-0.25, -0.2) is 4.98 Å². The van der Waals surface area contributed by atoms with Gasteiger partial charge in [0.1, 0.15) is 5.75 Å². The van der Waals surface area contributed by atoms with Gasteiger partial charge in [0.25, 0.3) is 0 Å². The Hall–Kier alpha value is -2.77. The topological polar surface area (TPSA) is 105 Å². The molecule has 27 heavy (non-hydrogen) atoms. The number of imidazole rings is 1. The smallest absolute Gasteiger partial charge is 0.202 e. The number of methoxy groups -OCH3 is 1. The first-order valence-electron chi connectivity index (χ1n) is 8.77. The van der Waals surface area contributed by atoms with Crippen LogP contribution in [0.4, 0.5) is 5.95 Å². The molecule has 4 rings (SSSR count). The molecule has 0 fully saturated rings. The normalized spacial score (nSPS) is 12.6. The van der Waals surface area contributed by atoms with Gasteiger partial charge in [-0.05, 0) is 42.7 Å². The number of nitrogens with zero attached hydrogens (tertiary/aromatic N) is 2. The third-order valence-corrected chi connectivity index (χ3v) is 4.89. The molecule has 3 aromatic heterocycles. The van der Waals surface area contributed by atoms with Gasteiger partial charge in [0, 0.05) is 30.4 Å². The molecule has 0 amide bonds. The molecule has 7 nitrogen and oxygen atoms in total. The lowest BCUT2D eigenvalue weighted by Gasteiger charge is -2.14. The first-order valence-corrected chi connectivity index (χ1v) is 9.15. The van der Waals surface area contributed by atoms with Gasteiger partial charge in [0.05, 0.1) is 23.2 Å². The summed E-state index contributed by atoms with van der Waals surface area (Å²) in [5, 5.41) is 4.90. The summed E-state index contributed by atoms with van der Waals surface area (Å²) in [5.41, 5.74) is 10.1. The van der Waals surface area contributed by atoms with E-state index in [0.717, 1.165) is 34.2 Å². The number of nitrogens with one attached hydrogen (secondary N) is 3. The van der Waals surface area contributed by atoms with Crippen molar-refractivity contribution in [3.05, 3.63) is 47.2 Å². The molecule has 0 bridgehead atoms. The zero-order valence-electron chi connectivity index (χ0n) is 14.9. The number of hydrogen-bond donors (Lipinski definition) is 4. The van der Waals surface area contributed by atoms with E-state index < -0.39 is 0 Å². The molecule has 3 heterocycles. The summed E-state index contributed by atoms with van der Waals surface area (Å²) >= 11 is 6.25. The van der Waals surface area contributed by atoms with Crippen LogP contribution in [0.1, 0.15) is 12.0 Å². The van der Waals surface area contributed by atoms with E-state index in [4.69, 9.17) is 22.1 Å². The first kappa shape index (κ1) is 17.6. The maximum Gasteiger partial charge on any atom is 0.202 e. The van der Waals surface area contributed by atoms with Crippen molar-refractivity contribution in [3.63, 3.8) is 0 Å². The molecule has 0 saturated carbocycles. The number of anilines is 1. The number of pyridine rings is 1. The fourth-order valence-electron chi connectivity index (χ4n) is 3.21. The summed E-state index contributed by atoms with van der Waals surface area (Å²) in [6, 6.07) is 7.75. The van der Waals surface area contributed by atoms with Crippen LogP contribution in [0, 0.1) is 0 Å². The maximum absolute atomic E-state index is 6.36. The van der Waals surface area contributed by atoms with Gasteiger partial charge in [0.2, 0.25) is 5.95 Å². The van der Waals surface area contributed by atoms with E-state index in [0.29, 0.717) is 29.6 Å². The number of hydrogen-bond acceptors (Lipinski definition) is 5. The molecule has 5 N–H and O–H groups in total. The number of H-pyrrole nitrogens is 2. The van der Waals surface area contributed by atoms with Crippen molar-refractivity contribution in [1.29, 1.82) is 0 Å². The predicted molar refractivity (Wildman–Crippen MR) is 109 cm³/mol. The zero-order chi connectivity index (χ0) is 18.8. The van der Waals surface area contributed by atoms with Crippen molar-refractivity contribution in [2.24, 2.45) is 5.73 Å². The Kier molecular flexibility index (Phi) is 4.87. The van der Waals surface area contributed by atoms with E-state index >= 15 is 0 Å². The van der Waals surface area contributed by atoms with Crippen molar-refractivity contribution in [1.82, 2.24) is 19.9 Å². The second-order valence-electron chi connectivity index (χ2n) is 6.49. The van der Waals surface area contributed by atoms with E-state index in [2.05, 4.69) is 25.3 Å². The van der Waals surface area contributed by atoms with Crippen LogP contribution in [0.5, 0.6) is 5.75 Å². The summed E-state index contributed by atoms with van der Waals surface area (Å²) in [6.45, 7) is 0.708. The molecule has 0 spiro atoms. The minimum atomic E-state index is -0.0163. The maximum atomic E-state index is 6.36. The number of halogens is 1. The molecule has 0 saturated heterocycles. The zero-order valence-corrected chi connectivity index (χ0v) is 15.7. The fourth-order valence-corrected chi connectivity index (χ4v) is 3.42. The van der Waals surface area contributed by atoms with Crippen molar-refractivity contribution < 1.29 is 4.74 Å². The molecule has 4 aromatic rings. The van der Waals surface area contributed by atoms with Crippen LogP contribution in [0.2, 0.25) is 5.02 Å². The highest BCUT2D eigenvalue weighted by Gasteiger charge is 2.13. The molecule has 1 atom stereocenters. The van der Waals surface area contributed by atoms with Crippen LogP contribution in [0.15, 0.2) is 36.7 Å². The Morgan fingerprint density at radius 2 is 2.26 bits per heavy atom. The van der Waals surface area contributed by atoms with Crippen LogP contribution < -0.4 is 15.8 Å². The van der Waals surface area contributed by atoms with Crippen molar-refractivity contribution in [2.45, 2.75) is 18.9 Å². The summed E-state index contributed by atoms with van der Waals surface area (Å²) < 4.78 is 5.39. The van der Waals surface area contributed by atoms with Gasteiger partial charge in [-0.15, -0.1) is 0 Å². The third-order valence-electron chi connectivity index (χ3n) is 4.58. The van der Waals surface area contributed by atoms with Gasteiger partial charge in [0.15, 0.2) is 5.65 Å². The van der Waals surface area contributed by atoms with E-state index in [1.807, 2.05) is 24.3 Å². The quantitative estimate of drug-likeness (QED) is 0.390. The molecule has 8 heteroatoms. The molecule has 0 aliphatic heterocycles. The summed E-state index contributed by atoms with van der Waals surface area (Å²) in [6.07, 6.45) is 5.02. The Balaban J connectivity index is 1.40. The first-order chi connectivity index (χ1) is 13.1. The molecular formula is C19H21ClN6O. The number of aromatic nitrogens is 4. The van der Waals surface area contributed by atoms with E-state index in [1.54, 1.807) is 19.5 Å². The van der Waals surface area contributed by atoms with Crippen LogP contribution >= 0.6 is 11.6 Å². The van der Waals surface area contributed by atoms with Crippen LogP contribution in [0.25, 0.3) is 22.1 Å². The Bertz CT molecular complexity index is 1040. The number of fused-ring (bicyclic) bond motifs is 2. The van der Waals surface area contributed by atoms with Crippen LogP contribution in [-0.2, 0) is 6.42 Å². The molecule has 0 aliphatic carbocycles. The number of nitrogens with two attached hydrogens (primary N) is 1. The molecule has 0 aliphatic rings. The third kappa shape index (κ3) is 3.70. The lowest BCUT2D eigenvalue weighted by Crippen LogP contribution is -2.26. The average molecular weight is 385 g/mol. The lowest BCUT2D eigenvalue weighted by atomic mass is 10.0.